The third kappa shape index (κ3) is 7.44. The number of hydrogen-bond acceptors (Lipinski definition) is 4. The summed E-state index contributed by atoms with van der Waals surface area (Å²) >= 11 is 0. The molecule has 0 heterocycles. The minimum absolute atomic E-state index is 0.122. The van der Waals surface area contributed by atoms with E-state index in [0.717, 1.165) is 54.5 Å². The van der Waals surface area contributed by atoms with Crippen LogP contribution in [0.4, 0.5) is 21.5 Å². The lowest BCUT2D eigenvalue weighted by atomic mass is 9.88. The van der Waals surface area contributed by atoms with Gasteiger partial charge in [-0.05, 0) is 67.7 Å². The van der Waals surface area contributed by atoms with Gasteiger partial charge in [-0.15, -0.1) is 0 Å². The van der Waals surface area contributed by atoms with Gasteiger partial charge in [0.15, 0.2) is 11.5 Å². The number of esters is 1. The predicted octanol–water partition coefficient (Wildman–Crippen LogP) is 8.19. The van der Waals surface area contributed by atoms with Crippen molar-refractivity contribution < 1.29 is 18.7 Å². The minimum Gasteiger partial charge on any atom is -0.460 e. The Balaban J connectivity index is 1.68. The van der Waals surface area contributed by atoms with Crippen LogP contribution in [-0.2, 0) is 20.9 Å². The molecule has 218 valence electrons. The van der Waals surface area contributed by atoms with Crippen LogP contribution in [0.1, 0.15) is 57.1 Å². The summed E-state index contributed by atoms with van der Waals surface area (Å²) in [5, 5.41) is 0. The standard InChI is InChI=1S/C35H38FN3O3/c1-24(2)42-33(40)21-17-27-12-9-13-32(34(27)36)39(35(41)28-10-7-6-8-11-28)23-25-14-20-30(31(22-25)37-3)26-15-18-29(19-16-26)38(4)5/h9,12-22,24,28H,6-8,10-11,23H2,1-2,4-5H3/b21-17+. The largest absolute Gasteiger partial charge is 0.460 e. The molecule has 0 bridgehead atoms. The van der Waals surface area contributed by atoms with Crippen LogP contribution in [0.15, 0.2) is 66.7 Å². The zero-order chi connectivity index (χ0) is 30.2. The molecule has 1 saturated carbocycles. The summed E-state index contributed by atoms with van der Waals surface area (Å²) in [6.45, 7) is 11.5. The monoisotopic (exact) mass is 567 g/mol. The Bertz CT molecular complexity index is 1480. The molecule has 0 N–H and O–H groups in total. The smallest absolute Gasteiger partial charge is 0.331 e. The predicted molar refractivity (Wildman–Crippen MR) is 167 cm³/mol. The summed E-state index contributed by atoms with van der Waals surface area (Å²) < 4.78 is 21.1. The summed E-state index contributed by atoms with van der Waals surface area (Å²) in [5.74, 6) is -1.46. The number of amides is 1. The van der Waals surface area contributed by atoms with Crippen LogP contribution >= 0.6 is 0 Å². The van der Waals surface area contributed by atoms with Gasteiger partial charge in [0, 0.05) is 43.9 Å². The number of rotatable bonds is 9. The Morgan fingerprint density at radius 3 is 2.40 bits per heavy atom. The Morgan fingerprint density at radius 2 is 1.76 bits per heavy atom. The van der Waals surface area contributed by atoms with Gasteiger partial charge < -0.3 is 14.5 Å². The fourth-order valence-corrected chi connectivity index (χ4v) is 5.29. The van der Waals surface area contributed by atoms with Crippen molar-refractivity contribution >= 4 is 35.0 Å². The topological polar surface area (TPSA) is 54.2 Å². The maximum absolute atomic E-state index is 15.9. The molecular formula is C35H38FN3O3. The highest BCUT2D eigenvalue weighted by molar-refractivity contribution is 5.96. The average molecular weight is 568 g/mol. The second-order valence-electron chi connectivity index (χ2n) is 11.2. The molecule has 1 aliphatic carbocycles. The third-order valence-electron chi connectivity index (χ3n) is 7.49. The first-order valence-corrected chi connectivity index (χ1v) is 14.4. The van der Waals surface area contributed by atoms with Crippen LogP contribution in [0.2, 0.25) is 0 Å². The Morgan fingerprint density at radius 1 is 1.05 bits per heavy atom. The number of hydrogen-bond donors (Lipinski definition) is 0. The Kier molecular flexibility index (Phi) is 10.1. The van der Waals surface area contributed by atoms with E-state index in [-0.39, 0.29) is 35.7 Å². The molecule has 1 fully saturated rings. The molecule has 0 aliphatic heterocycles. The normalized spacial score (nSPS) is 13.6. The fraction of sp³-hybridized carbons (Fsp3) is 0.343. The van der Waals surface area contributed by atoms with Gasteiger partial charge in [0.05, 0.1) is 18.4 Å². The van der Waals surface area contributed by atoms with Crippen molar-refractivity contribution in [3.63, 3.8) is 0 Å². The number of carbonyl (C=O) groups is 2. The number of anilines is 2. The maximum atomic E-state index is 15.9. The molecular weight excluding hydrogens is 529 g/mol. The molecule has 7 heteroatoms. The van der Waals surface area contributed by atoms with Gasteiger partial charge >= 0.3 is 5.97 Å². The van der Waals surface area contributed by atoms with Crippen molar-refractivity contribution in [1.29, 1.82) is 0 Å². The second kappa shape index (κ2) is 14.0. The first kappa shape index (κ1) is 30.5. The summed E-state index contributed by atoms with van der Waals surface area (Å²) in [6.07, 6.45) is 6.86. The molecule has 6 nitrogen and oxygen atoms in total. The number of ether oxygens (including phenoxy) is 1. The van der Waals surface area contributed by atoms with Gasteiger partial charge in [0.2, 0.25) is 5.91 Å². The van der Waals surface area contributed by atoms with E-state index in [1.165, 1.54) is 17.1 Å². The van der Waals surface area contributed by atoms with Crippen LogP contribution in [0.3, 0.4) is 0 Å². The average Bonchev–Trinajstić information content (AvgIpc) is 2.99. The third-order valence-corrected chi connectivity index (χ3v) is 7.49. The van der Waals surface area contributed by atoms with Gasteiger partial charge in [-0.25, -0.2) is 14.0 Å². The number of carbonyl (C=O) groups excluding carboxylic acids is 2. The van der Waals surface area contributed by atoms with Crippen LogP contribution in [-0.4, -0.2) is 32.1 Å². The molecule has 3 aromatic rings. The van der Waals surface area contributed by atoms with Crippen LogP contribution in [0, 0.1) is 18.3 Å². The van der Waals surface area contributed by atoms with Crippen molar-refractivity contribution in [2.75, 3.05) is 23.9 Å². The quantitative estimate of drug-likeness (QED) is 0.149. The summed E-state index contributed by atoms with van der Waals surface area (Å²) in [7, 11) is 3.95. The summed E-state index contributed by atoms with van der Waals surface area (Å²) in [4.78, 5) is 33.2. The Hall–Kier alpha value is -4.44. The summed E-state index contributed by atoms with van der Waals surface area (Å²) in [5.41, 5.74) is 4.33. The highest BCUT2D eigenvalue weighted by atomic mass is 19.1. The van der Waals surface area contributed by atoms with E-state index in [1.54, 1.807) is 38.1 Å². The highest BCUT2D eigenvalue weighted by Gasteiger charge is 2.29. The van der Waals surface area contributed by atoms with Gasteiger partial charge in [-0.3, -0.25) is 4.79 Å². The molecule has 0 unspecified atom stereocenters. The van der Waals surface area contributed by atoms with E-state index in [2.05, 4.69) is 4.85 Å². The zero-order valence-electron chi connectivity index (χ0n) is 24.8. The molecule has 0 atom stereocenters. The van der Waals surface area contributed by atoms with E-state index in [4.69, 9.17) is 11.3 Å². The van der Waals surface area contributed by atoms with Gasteiger partial charge in [0.25, 0.3) is 0 Å². The Labute approximate surface area is 248 Å². The molecule has 0 spiro atoms. The van der Waals surface area contributed by atoms with E-state index in [9.17, 15) is 9.59 Å². The highest BCUT2D eigenvalue weighted by Crippen LogP contribution is 2.35. The molecule has 42 heavy (non-hydrogen) atoms. The number of nitrogens with zero attached hydrogens (tertiary/aromatic N) is 3. The number of halogens is 1. The van der Waals surface area contributed by atoms with Crippen molar-refractivity contribution in [3.8, 4) is 11.1 Å². The molecule has 0 saturated heterocycles. The van der Waals surface area contributed by atoms with Crippen molar-refractivity contribution in [1.82, 2.24) is 0 Å². The summed E-state index contributed by atoms with van der Waals surface area (Å²) in [6, 6.07) is 18.4. The van der Waals surface area contributed by atoms with Gasteiger partial charge in [0.1, 0.15) is 0 Å². The zero-order valence-corrected chi connectivity index (χ0v) is 24.8. The van der Waals surface area contributed by atoms with E-state index >= 15 is 4.39 Å². The molecule has 0 radical (unpaired) electrons. The minimum atomic E-state index is -0.585. The van der Waals surface area contributed by atoms with E-state index < -0.39 is 11.8 Å². The van der Waals surface area contributed by atoms with Gasteiger partial charge in [-0.1, -0.05) is 61.7 Å². The fourth-order valence-electron chi connectivity index (χ4n) is 5.29. The van der Waals surface area contributed by atoms with Crippen LogP contribution in [0.5, 0.6) is 0 Å². The number of benzene rings is 3. The molecule has 4 rings (SSSR count). The maximum Gasteiger partial charge on any atom is 0.331 e. The SMILES string of the molecule is [C-]#[N+]c1cc(CN(C(=O)C2CCCCC2)c2cccc(/C=C/C(=O)OC(C)C)c2F)ccc1-c1ccc(N(C)C)cc1. The lowest BCUT2D eigenvalue weighted by Crippen LogP contribution is -2.37. The molecule has 1 aliphatic rings. The molecule has 0 aromatic heterocycles. The molecule has 3 aromatic carbocycles. The van der Waals surface area contributed by atoms with Crippen LogP contribution < -0.4 is 9.80 Å². The van der Waals surface area contributed by atoms with Crippen molar-refractivity contribution in [2.24, 2.45) is 5.92 Å². The van der Waals surface area contributed by atoms with Crippen LogP contribution in [0.25, 0.3) is 22.0 Å². The van der Waals surface area contributed by atoms with Gasteiger partial charge in [-0.2, -0.15) is 0 Å². The second-order valence-corrected chi connectivity index (χ2v) is 11.2. The van der Waals surface area contributed by atoms with E-state index in [0.29, 0.717) is 5.69 Å². The van der Waals surface area contributed by atoms with E-state index in [1.807, 2.05) is 55.4 Å². The first-order chi connectivity index (χ1) is 20.2. The molecule has 1 amide bonds. The lowest BCUT2D eigenvalue weighted by Gasteiger charge is -2.30. The first-order valence-electron chi connectivity index (χ1n) is 14.4. The lowest BCUT2D eigenvalue weighted by molar-refractivity contribution is -0.141. The van der Waals surface area contributed by atoms with Crippen molar-refractivity contribution in [3.05, 3.63) is 95.1 Å². The van der Waals surface area contributed by atoms with Crippen molar-refractivity contribution in [2.45, 2.75) is 58.6 Å².